The summed E-state index contributed by atoms with van der Waals surface area (Å²) in [7, 11) is -3.60. The van der Waals surface area contributed by atoms with Crippen LogP contribution in [0, 0.1) is 11.7 Å². The van der Waals surface area contributed by atoms with Crippen molar-refractivity contribution in [1.82, 2.24) is 9.62 Å². The van der Waals surface area contributed by atoms with Gasteiger partial charge in [-0.25, -0.2) is 17.1 Å². The number of nitrogens with one attached hydrogen (secondary N) is 1. The average molecular weight is 386 g/mol. The molecule has 2 rings (SSSR count). The second kappa shape index (κ2) is 9.09. The molecule has 144 valence electrons. The summed E-state index contributed by atoms with van der Waals surface area (Å²) >= 11 is 0. The van der Waals surface area contributed by atoms with Crippen LogP contribution in [-0.2, 0) is 19.6 Å². The summed E-state index contributed by atoms with van der Waals surface area (Å²) in [6.07, 6.45) is 1.19. The monoisotopic (exact) mass is 386 g/mol. The highest BCUT2D eigenvalue weighted by atomic mass is 32.2. The predicted octanol–water partition coefficient (Wildman–Crippen LogP) is 1.16. The van der Waals surface area contributed by atoms with Crippen LogP contribution >= 0.6 is 0 Å². The summed E-state index contributed by atoms with van der Waals surface area (Å²) in [6.45, 7) is 2.35. The Bertz CT molecular complexity index is 736. The van der Waals surface area contributed by atoms with Gasteiger partial charge in [-0.3, -0.25) is 9.59 Å². The van der Waals surface area contributed by atoms with Crippen molar-refractivity contribution in [2.24, 2.45) is 5.92 Å². The first kappa shape index (κ1) is 20.3. The number of esters is 1. The summed E-state index contributed by atoms with van der Waals surface area (Å²) in [5.41, 5.74) is 0.254. The third-order valence-corrected chi connectivity index (χ3v) is 5.99. The first-order chi connectivity index (χ1) is 12.3. The number of amides is 1. The second-order valence-corrected chi connectivity index (χ2v) is 8.12. The van der Waals surface area contributed by atoms with E-state index in [1.807, 2.05) is 0 Å². The molecule has 0 radical (unpaired) electrons. The Kier molecular flexibility index (Phi) is 7.10. The van der Waals surface area contributed by atoms with E-state index in [0.29, 0.717) is 19.4 Å². The minimum atomic E-state index is -3.60. The normalized spacial score (nSPS) is 18.3. The Hall–Kier alpha value is -2.00. The fourth-order valence-electron chi connectivity index (χ4n) is 2.77. The van der Waals surface area contributed by atoms with Crippen LogP contribution in [0.3, 0.4) is 0 Å². The molecule has 0 unspecified atom stereocenters. The molecule has 1 heterocycles. The summed E-state index contributed by atoms with van der Waals surface area (Å²) in [5, 5.41) is 2.51. The Morgan fingerprint density at radius 2 is 2.00 bits per heavy atom. The van der Waals surface area contributed by atoms with Crippen molar-refractivity contribution in [2.45, 2.75) is 19.8 Å². The molecule has 0 aliphatic carbocycles. The minimum Gasteiger partial charge on any atom is -0.466 e. The van der Waals surface area contributed by atoms with Crippen molar-refractivity contribution >= 4 is 21.9 Å². The van der Waals surface area contributed by atoms with Crippen molar-refractivity contribution in [3.8, 4) is 0 Å². The predicted molar refractivity (Wildman–Crippen MR) is 93.5 cm³/mol. The Labute approximate surface area is 152 Å². The molecule has 26 heavy (non-hydrogen) atoms. The van der Waals surface area contributed by atoms with E-state index in [4.69, 9.17) is 4.74 Å². The molecule has 0 bridgehead atoms. The standard InChI is InChI=1S/C17H23FN2O5S/c1-2-25-17(22)14-4-3-10-20(12-14)26(23,24)11-9-19-16(21)13-5-7-15(18)8-6-13/h5-8,14H,2-4,9-12H2,1H3,(H,19,21)/t14-/m0/s1. The van der Waals surface area contributed by atoms with Gasteiger partial charge in [-0.15, -0.1) is 0 Å². The molecule has 1 N–H and O–H groups in total. The van der Waals surface area contributed by atoms with E-state index in [0.717, 1.165) is 12.1 Å². The van der Waals surface area contributed by atoms with Gasteiger partial charge in [0.2, 0.25) is 10.0 Å². The van der Waals surface area contributed by atoms with Gasteiger partial charge in [0.15, 0.2) is 0 Å². The van der Waals surface area contributed by atoms with Crippen molar-refractivity contribution in [2.75, 3.05) is 32.0 Å². The maximum absolute atomic E-state index is 12.9. The van der Waals surface area contributed by atoms with Crippen LogP contribution in [0.4, 0.5) is 4.39 Å². The number of nitrogens with zero attached hydrogens (tertiary/aromatic N) is 1. The number of carbonyl (C=O) groups excluding carboxylic acids is 2. The van der Waals surface area contributed by atoms with Crippen LogP contribution < -0.4 is 5.32 Å². The minimum absolute atomic E-state index is 0.0703. The number of rotatable bonds is 7. The molecule has 1 aromatic carbocycles. The fraction of sp³-hybridized carbons (Fsp3) is 0.529. The van der Waals surface area contributed by atoms with Gasteiger partial charge in [0.05, 0.1) is 18.3 Å². The number of carbonyl (C=O) groups is 2. The lowest BCUT2D eigenvalue weighted by molar-refractivity contribution is -0.149. The number of hydrogen-bond donors (Lipinski definition) is 1. The van der Waals surface area contributed by atoms with Crippen molar-refractivity contribution < 1.29 is 27.1 Å². The molecule has 1 fully saturated rings. The summed E-state index contributed by atoms with van der Waals surface area (Å²) in [6, 6.07) is 4.98. The quantitative estimate of drug-likeness (QED) is 0.710. The van der Waals surface area contributed by atoms with Gasteiger partial charge in [0, 0.05) is 25.2 Å². The molecular formula is C17H23FN2O5S. The largest absolute Gasteiger partial charge is 0.466 e. The van der Waals surface area contributed by atoms with Gasteiger partial charge >= 0.3 is 5.97 Å². The van der Waals surface area contributed by atoms with Crippen molar-refractivity contribution in [3.63, 3.8) is 0 Å². The van der Waals surface area contributed by atoms with E-state index in [2.05, 4.69) is 5.32 Å². The third-order valence-electron chi connectivity index (χ3n) is 4.15. The molecule has 9 heteroatoms. The van der Waals surface area contributed by atoms with Crippen LogP contribution in [0.2, 0.25) is 0 Å². The van der Waals surface area contributed by atoms with Crippen LogP contribution in [0.25, 0.3) is 0 Å². The van der Waals surface area contributed by atoms with Gasteiger partial charge in [0.1, 0.15) is 5.82 Å². The SMILES string of the molecule is CCOC(=O)[C@H]1CCCN(S(=O)(=O)CCNC(=O)c2ccc(F)cc2)C1. The van der Waals surface area contributed by atoms with Crippen LogP contribution in [0.5, 0.6) is 0 Å². The molecule has 0 aromatic heterocycles. The molecular weight excluding hydrogens is 363 g/mol. The highest BCUT2D eigenvalue weighted by molar-refractivity contribution is 7.89. The molecule has 1 saturated heterocycles. The van der Waals surface area contributed by atoms with E-state index in [1.165, 1.54) is 16.4 Å². The average Bonchev–Trinajstić information content (AvgIpc) is 2.62. The van der Waals surface area contributed by atoms with Crippen molar-refractivity contribution in [3.05, 3.63) is 35.6 Å². The molecule has 1 aliphatic heterocycles. The lowest BCUT2D eigenvalue weighted by Gasteiger charge is -2.30. The van der Waals surface area contributed by atoms with Gasteiger partial charge in [-0.05, 0) is 44.0 Å². The molecule has 7 nitrogen and oxygen atoms in total. The molecule has 1 atom stereocenters. The van der Waals surface area contributed by atoms with Gasteiger partial charge in [-0.2, -0.15) is 0 Å². The zero-order valence-electron chi connectivity index (χ0n) is 14.6. The molecule has 1 aromatic rings. The van der Waals surface area contributed by atoms with Gasteiger partial charge in [-0.1, -0.05) is 0 Å². The third kappa shape index (κ3) is 5.50. The number of benzene rings is 1. The number of halogens is 1. The second-order valence-electron chi connectivity index (χ2n) is 6.03. The number of hydrogen-bond acceptors (Lipinski definition) is 5. The number of ether oxygens (including phenoxy) is 1. The lowest BCUT2D eigenvalue weighted by atomic mass is 10.0. The Balaban J connectivity index is 1.86. The highest BCUT2D eigenvalue weighted by Gasteiger charge is 2.32. The molecule has 0 spiro atoms. The van der Waals surface area contributed by atoms with Crippen LogP contribution in [0.1, 0.15) is 30.1 Å². The van der Waals surface area contributed by atoms with Gasteiger partial charge in [0.25, 0.3) is 5.91 Å². The molecule has 0 saturated carbocycles. The molecule has 1 aliphatic rings. The van der Waals surface area contributed by atoms with E-state index in [1.54, 1.807) is 6.92 Å². The van der Waals surface area contributed by atoms with Crippen molar-refractivity contribution in [1.29, 1.82) is 0 Å². The van der Waals surface area contributed by atoms with Crippen LogP contribution in [0.15, 0.2) is 24.3 Å². The first-order valence-corrected chi connectivity index (χ1v) is 10.1. The first-order valence-electron chi connectivity index (χ1n) is 8.51. The topological polar surface area (TPSA) is 92.8 Å². The zero-order valence-corrected chi connectivity index (χ0v) is 15.4. The summed E-state index contributed by atoms with van der Waals surface area (Å²) in [4.78, 5) is 23.8. The zero-order chi connectivity index (χ0) is 19.2. The smallest absolute Gasteiger partial charge is 0.310 e. The Morgan fingerprint density at radius 1 is 1.31 bits per heavy atom. The lowest BCUT2D eigenvalue weighted by Crippen LogP contribution is -2.45. The highest BCUT2D eigenvalue weighted by Crippen LogP contribution is 2.20. The summed E-state index contributed by atoms with van der Waals surface area (Å²) in [5.74, 6) is -2.02. The van der Waals surface area contributed by atoms with E-state index < -0.39 is 27.7 Å². The van der Waals surface area contributed by atoms with E-state index in [-0.39, 0.29) is 37.0 Å². The Morgan fingerprint density at radius 3 is 2.65 bits per heavy atom. The van der Waals surface area contributed by atoms with Crippen LogP contribution in [-0.4, -0.2) is 56.6 Å². The maximum atomic E-state index is 12.9. The van der Waals surface area contributed by atoms with E-state index >= 15 is 0 Å². The summed E-state index contributed by atoms with van der Waals surface area (Å²) < 4.78 is 44.0. The maximum Gasteiger partial charge on any atom is 0.310 e. The molecule has 1 amide bonds. The number of sulfonamides is 1. The fourth-order valence-corrected chi connectivity index (χ4v) is 4.21. The van der Waals surface area contributed by atoms with Gasteiger partial charge < -0.3 is 10.1 Å². The van der Waals surface area contributed by atoms with E-state index in [9.17, 15) is 22.4 Å². The number of piperidine rings is 1.